The molecule has 11 heavy (non-hydrogen) atoms. The first-order valence-electron chi connectivity index (χ1n) is 3.86. The third kappa shape index (κ3) is 3.75. The minimum absolute atomic E-state index is 0.0622. The molecule has 0 saturated heterocycles. The van der Waals surface area contributed by atoms with E-state index in [-0.39, 0.29) is 17.4 Å². The summed E-state index contributed by atoms with van der Waals surface area (Å²) in [6, 6.07) is 0. The quantitative estimate of drug-likeness (QED) is 0.357. The van der Waals surface area contributed by atoms with Crippen LogP contribution < -0.4 is 0 Å². The lowest BCUT2D eigenvalue weighted by Gasteiger charge is -2.09. The molecule has 0 aliphatic carbocycles. The summed E-state index contributed by atoms with van der Waals surface area (Å²) in [6.07, 6.45) is 2.79. The van der Waals surface area contributed by atoms with E-state index in [1.54, 1.807) is 0 Å². The molecule has 0 bridgehead atoms. The third-order valence-corrected chi connectivity index (χ3v) is 1.96. The number of hydrogen-bond acceptors (Lipinski definition) is 2. The van der Waals surface area contributed by atoms with Gasteiger partial charge in [-0.3, -0.25) is 10.1 Å². The Balaban J connectivity index is 4.06. The number of hydrogen-bond donors (Lipinski definition) is 0. The van der Waals surface area contributed by atoms with Crippen LogP contribution in [0.4, 0.5) is 0 Å². The van der Waals surface area contributed by atoms with Crippen LogP contribution in [0.1, 0.15) is 27.2 Å². The first-order valence-corrected chi connectivity index (χ1v) is 3.86. The Bertz CT molecular complexity index is 163. The molecule has 0 saturated carbocycles. The fourth-order valence-corrected chi connectivity index (χ4v) is 1.01. The highest BCUT2D eigenvalue weighted by atomic mass is 16.6. The van der Waals surface area contributed by atoms with Crippen LogP contribution in [0.3, 0.4) is 0 Å². The number of nitro groups is 1. The number of allylic oxidation sites excluding steroid dienone is 1. The van der Waals surface area contributed by atoms with Crippen molar-refractivity contribution in [3.63, 3.8) is 0 Å². The van der Waals surface area contributed by atoms with Crippen LogP contribution in [0.5, 0.6) is 0 Å². The molecule has 0 N–H and O–H groups in total. The molecule has 3 nitrogen and oxygen atoms in total. The summed E-state index contributed by atoms with van der Waals surface area (Å²) in [5.41, 5.74) is 1.12. The Morgan fingerprint density at radius 3 is 2.55 bits per heavy atom. The molecule has 0 aliphatic heterocycles. The van der Waals surface area contributed by atoms with E-state index in [1.807, 2.05) is 26.8 Å². The van der Waals surface area contributed by atoms with E-state index in [1.165, 1.54) is 0 Å². The molecular weight excluding hydrogens is 142 g/mol. The standard InChI is InChI=1S/C8H15NO2/c1-4-7(3)8(5-2)6-9(10)11/h4,8H,5-6H2,1-3H3/t8-/m0/s1. The predicted molar refractivity (Wildman–Crippen MR) is 45.1 cm³/mol. The van der Waals surface area contributed by atoms with E-state index in [4.69, 9.17) is 0 Å². The Morgan fingerprint density at radius 1 is 1.73 bits per heavy atom. The van der Waals surface area contributed by atoms with Crippen molar-refractivity contribution >= 4 is 0 Å². The van der Waals surface area contributed by atoms with Gasteiger partial charge in [0.1, 0.15) is 0 Å². The molecule has 64 valence electrons. The minimum Gasteiger partial charge on any atom is -0.265 e. The zero-order valence-corrected chi connectivity index (χ0v) is 7.33. The van der Waals surface area contributed by atoms with Crippen LogP contribution >= 0.6 is 0 Å². The van der Waals surface area contributed by atoms with E-state index in [0.29, 0.717) is 0 Å². The van der Waals surface area contributed by atoms with Crippen molar-refractivity contribution in [1.29, 1.82) is 0 Å². The van der Waals surface area contributed by atoms with Crippen molar-refractivity contribution in [2.45, 2.75) is 27.2 Å². The Morgan fingerprint density at radius 2 is 2.27 bits per heavy atom. The minimum atomic E-state index is -0.249. The molecule has 0 aromatic rings. The van der Waals surface area contributed by atoms with Crippen molar-refractivity contribution in [2.75, 3.05) is 6.54 Å². The normalized spacial score (nSPS) is 14.6. The van der Waals surface area contributed by atoms with Crippen molar-refractivity contribution in [3.8, 4) is 0 Å². The first-order chi connectivity index (χ1) is 5.11. The molecule has 0 fully saturated rings. The molecule has 0 unspecified atom stereocenters. The average molecular weight is 157 g/mol. The van der Waals surface area contributed by atoms with E-state index in [9.17, 15) is 10.1 Å². The average Bonchev–Trinajstić information content (AvgIpc) is 1.98. The summed E-state index contributed by atoms with van der Waals surface area (Å²) in [4.78, 5) is 9.92. The molecule has 0 amide bonds. The summed E-state index contributed by atoms with van der Waals surface area (Å²) in [5, 5.41) is 10.2. The van der Waals surface area contributed by atoms with Crippen LogP contribution in [-0.4, -0.2) is 11.5 Å². The molecule has 0 spiro atoms. The van der Waals surface area contributed by atoms with Gasteiger partial charge < -0.3 is 0 Å². The summed E-state index contributed by atoms with van der Waals surface area (Å²) in [6.45, 7) is 5.89. The van der Waals surface area contributed by atoms with Gasteiger partial charge in [-0.2, -0.15) is 0 Å². The van der Waals surface area contributed by atoms with Crippen LogP contribution in [-0.2, 0) is 0 Å². The smallest absolute Gasteiger partial charge is 0.210 e. The van der Waals surface area contributed by atoms with E-state index < -0.39 is 0 Å². The zero-order valence-electron chi connectivity index (χ0n) is 7.33. The molecule has 0 aromatic carbocycles. The summed E-state index contributed by atoms with van der Waals surface area (Å²) in [7, 11) is 0. The zero-order chi connectivity index (χ0) is 8.85. The van der Waals surface area contributed by atoms with Crippen LogP contribution in [0.25, 0.3) is 0 Å². The van der Waals surface area contributed by atoms with Gasteiger partial charge in [0.15, 0.2) is 0 Å². The molecule has 0 rings (SSSR count). The fraction of sp³-hybridized carbons (Fsp3) is 0.750. The van der Waals surface area contributed by atoms with Crippen molar-refractivity contribution < 1.29 is 4.92 Å². The van der Waals surface area contributed by atoms with Crippen molar-refractivity contribution in [3.05, 3.63) is 21.8 Å². The number of rotatable bonds is 4. The lowest BCUT2D eigenvalue weighted by atomic mass is 9.98. The number of nitrogens with zero attached hydrogens (tertiary/aromatic N) is 1. The molecule has 0 aromatic heterocycles. The second kappa shape index (κ2) is 4.88. The Hall–Kier alpha value is -0.860. The summed E-state index contributed by atoms with van der Waals surface area (Å²) >= 11 is 0. The SMILES string of the molecule is CC=C(C)[C@@H](CC)C[N+](=O)[O-]. The van der Waals surface area contributed by atoms with Gasteiger partial charge in [-0.25, -0.2) is 0 Å². The van der Waals surface area contributed by atoms with Gasteiger partial charge in [0, 0.05) is 10.8 Å². The second-order valence-corrected chi connectivity index (χ2v) is 2.65. The largest absolute Gasteiger partial charge is 0.265 e. The topological polar surface area (TPSA) is 43.1 Å². The van der Waals surface area contributed by atoms with Gasteiger partial charge in [0.25, 0.3) is 0 Å². The molecular formula is C8H15NO2. The maximum absolute atomic E-state index is 10.2. The van der Waals surface area contributed by atoms with E-state index in [0.717, 1.165) is 12.0 Å². The highest BCUT2D eigenvalue weighted by Crippen LogP contribution is 2.13. The predicted octanol–water partition coefficient (Wildman–Crippen LogP) is 2.26. The maximum Gasteiger partial charge on any atom is 0.210 e. The summed E-state index contributed by atoms with van der Waals surface area (Å²) in [5.74, 6) is 0.120. The molecule has 0 aliphatic rings. The lowest BCUT2D eigenvalue weighted by molar-refractivity contribution is -0.486. The van der Waals surface area contributed by atoms with Gasteiger partial charge in [-0.15, -0.1) is 0 Å². The third-order valence-electron chi connectivity index (χ3n) is 1.96. The first kappa shape index (κ1) is 10.1. The Labute approximate surface area is 67.3 Å². The van der Waals surface area contributed by atoms with Crippen LogP contribution in [0.15, 0.2) is 11.6 Å². The van der Waals surface area contributed by atoms with Gasteiger partial charge in [0.05, 0.1) is 0 Å². The molecule has 0 radical (unpaired) electrons. The highest BCUT2D eigenvalue weighted by Gasteiger charge is 2.13. The lowest BCUT2D eigenvalue weighted by Crippen LogP contribution is -2.14. The van der Waals surface area contributed by atoms with Gasteiger partial charge >= 0.3 is 0 Å². The van der Waals surface area contributed by atoms with Crippen LogP contribution in [0, 0.1) is 16.0 Å². The van der Waals surface area contributed by atoms with Crippen molar-refractivity contribution in [2.24, 2.45) is 5.92 Å². The second-order valence-electron chi connectivity index (χ2n) is 2.65. The van der Waals surface area contributed by atoms with Gasteiger partial charge in [-0.05, 0) is 20.3 Å². The van der Waals surface area contributed by atoms with E-state index in [2.05, 4.69) is 0 Å². The van der Waals surface area contributed by atoms with Crippen LogP contribution in [0.2, 0.25) is 0 Å². The molecule has 3 heteroatoms. The van der Waals surface area contributed by atoms with Gasteiger partial charge in [-0.1, -0.05) is 18.6 Å². The monoisotopic (exact) mass is 157 g/mol. The fourth-order valence-electron chi connectivity index (χ4n) is 1.01. The van der Waals surface area contributed by atoms with Gasteiger partial charge in [0.2, 0.25) is 6.54 Å². The maximum atomic E-state index is 10.2. The molecule has 1 atom stereocenters. The highest BCUT2D eigenvalue weighted by molar-refractivity contribution is 5.01. The van der Waals surface area contributed by atoms with Crippen molar-refractivity contribution in [1.82, 2.24) is 0 Å². The van der Waals surface area contributed by atoms with E-state index >= 15 is 0 Å². The molecule has 0 heterocycles. The Kier molecular flexibility index (Phi) is 4.50. The summed E-state index contributed by atoms with van der Waals surface area (Å²) < 4.78 is 0.